The quantitative estimate of drug-likeness (QED) is 0.805. The van der Waals surface area contributed by atoms with E-state index in [0.717, 1.165) is 17.0 Å². The van der Waals surface area contributed by atoms with Crippen LogP contribution in [0, 0.1) is 0 Å². The third-order valence-electron chi connectivity index (χ3n) is 4.28. The first-order valence-corrected chi connectivity index (χ1v) is 9.13. The van der Waals surface area contributed by atoms with E-state index >= 15 is 0 Å². The van der Waals surface area contributed by atoms with E-state index in [0.29, 0.717) is 5.75 Å². The van der Waals surface area contributed by atoms with Crippen LogP contribution in [-0.2, 0) is 10.2 Å². The van der Waals surface area contributed by atoms with Crippen LogP contribution in [0.15, 0.2) is 48.5 Å². The van der Waals surface area contributed by atoms with Gasteiger partial charge in [-0.2, -0.15) is 0 Å². The maximum atomic E-state index is 12.4. The lowest BCUT2D eigenvalue weighted by atomic mass is 9.86. The first-order valence-electron chi connectivity index (χ1n) is 8.08. The van der Waals surface area contributed by atoms with E-state index in [-0.39, 0.29) is 16.7 Å². The van der Waals surface area contributed by atoms with Gasteiger partial charge in [-0.05, 0) is 40.8 Å². The topological polar surface area (TPSA) is 29.5 Å². The Morgan fingerprint density at radius 2 is 1.67 bits per heavy atom. The molecule has 0 N–H and O–H groups in total. The summed E-state index contributed by atoms with van der Waals surface area (Å²) in [6.45, 7) is 6.62. The molecule has 1 amide bonds. The van der Waals surface area contributed by atoms with E-state index in [1.54, 1.807) is 18.9 Å². The van der Waals surface area contributed by atoms with E-state index in [4.69, 9.17) is 4.74 Å². The number of amides is 1. The molecule has 1 aliphatic rings. The first-order chi connectivity index (χ1) is 11.4. The number of carbonyl (C=O) groups excluding carboxylic acids is 1. The minimum atomic E-state index is 0.0277. The Labute approximate surface area is 148 Å². The second kappa shape index (κ2) is 6.52. The van der Waals surface area contributed by atoms with Crippen LogP contribution in [-0.4, -0.2) is 18.8 Å². The van der Waals surface area contributed by atoms with Crippen LogP contribution in [0.3, 0.4) is 0 Å². The molecule has 1 saturated heterocycles. The third-order valence-corrected chi connectivity index (χ3v) is 5.49. The largest absolute Gasteiger partial charge is 0.497 e. The van der Waals surface area contributed by atoms with Gasteiger partial charge in [0, 0.05) is 5.69 Å². The molecule has 1 aliphatic heterocycles. The van der Waals surface area contributed by atoms with Crippen molar-refractivity contribution < 1.29 is 9.53 Å². The van der Waals surface area contributed by atoms with Crippen molar-refractivity contribution in [2.75, 3.05) is 17.8 Å². The van der Waals surface area contributed by atoms with E-state index in [2.05, 4.69) is 45.0 Å². The molecule has 3 rings (SSSR count). The molecule has 1 fully saturated rings. The molecular formula is C20H23NO2S. The first kappa shape index (κ1) is 16.9. The summed E-state index contributed by atoms with van der Waals surface area (Å²) in [5.41, 5.74) is 3.51. The molecule has 4 heteroatoms. The minimum absolute atomic E-state index is 0.0277. The van der Waals surface area contributed by atoms with Gasteiger partial charge in [0.05, 0.1) is 12.9 Å². The predicted octanol–water partition coefficient (Wildman–Crippen LogP) is 4.77. The van der Waals surface area contributed by atoms with Gasteiger partial charge in [0.25, 0.3) is 0 Å². The highest BCUT2D eigenvalue weighted by Gasteiger charge is 2.34. The van der Waals surface area contributed by atoms with Crippen molar-refractivity contribution in [3.05, 3.63) is 59.7 Å². The van der Waals surface area contributed by atoms with Crippen molar-refractivity contribution in [2.45, 2.75) is 31.6 Å². The second-order valence-corrected chi connectivity index (χ2v) is 8.07. The fraction of sp³-hybridized carbons (Fsp3) is 0.350. The fourth-order valence-electron chi connectivity index (χ4n) is 2.84. The molecule has 0 spiro atoms. The molecule has 0 aliphatic carbocycles. The van der Waals surface area contributed by atoms with Gasteiger partial charge >= 0.3 is 0 Å². The highest BCUT2D eigenvalue weighted by Crippen LogP contribution is 2.42. The lowest BCUT2D eigenvalue weighted by Gasteiger charge is -2.25. The van der Waals surface area contributed by atoms with Crippen molar-refractivity contribution in [2.24, 2.45) is 0 Å². The number of rotatable bonds is 3. The Bertz CT molecular complexity index is 717. The maximum Gasteiger partial charge on any atom is 0.238 e. The Morgan fingerprint density at radius 3 is 2.21 bits per heavy atom. The summed E-state index contributed by atoms with van der Waals surface area (Å²) in [7, 11) is 1.64. The van der Waals surface area contributed by atoms with Crippen LogP contribution in [0.1, 0.15) is 37.3 Å². The van der Waals surface area contributed by atoms with Gasteiger partial charge in [0.1, 0.15) is 11.1 Å². The molecule has 2 aromatic rings. The number of methoxy groups -OCH3 is 1. The number of hydrogen-bond acceptors (Lipinski definition) is 3. The zero-order valence-electron chi connectivity index (χ0n) is 14.6. The van der Waals surface area contributed by atoms with E-state index in [1.807, 2.05) is 29.2 Å². The Balaban J connectivity index is 1.90. The molecule has 0 unspecified atom stereocenters. The van der Waals surface area contributed by atoms with Crippen molar-refractivity contribution >= 4 is 23.4 Å². The number of benzene rings is 2. The normalized spacial score (nSPS) is 18.1. The summed E-state index contributed by atoms with van der Waals surface area (Å²) in [6.07, 6.45) is 0. The van der Waals surface area contributed by atoms with Gasteiger partial charge in [-0.3, -0.25) is 9.69 Å². The average Bonchev–Trinajstić information content (AvgIpc) is 2.96. The van der Waals surface area contributed by atoms with Gasteiger partial charge in [-0.25, -0.2) is 0 Å². The van der Waals surface area contributed by atoms with Gasteiger partial charge in [-0.15, -0.1) is 11.8 Å². The number of thioether (sulfide) groups is 1. The molecule has 126 valence electrons. The molecule has 1 heterocycles. The van der Waals surface area contributed by atoms with E-state index in [9.17, 15) is 4.79 Å². The number of anilines is 1. The van der Waals surface area contributed by atoms with Crippen LogP contribution >= 0.6 is 11.8 Å². The van der Waals surface area contributed by atoms with E-state index < -0.39 is 0 Å². The van der Waals surface area contributed by atoms with Gasteiger partial charge in [0.2, 0.25) is 5.91 Å². The third kappa shape index (κ3) is 3.29. The van der Waals surface area contributed by atoms with Crippen LogP contribution in [0.25, 0.3) is 0 Å². The van der Waals surface area contributed by atoms with Crippen LogP contribution < -0.4 is 9.64 Å². The highest BCUT2D eigenvalue weighted by molar-refractivity contribution is 8.00. The standard InChI is InChI=1S/C20H23NO2S/c1-20(2,3)15-7-5-14(6-8-15)19-21(18(22)13-24-19)16-9-11-17(23-4)12-10-16/h5-12,19H,13H2,1-4H3/t19-/m0/s1. The SMILES string of the molecule is COc1ccc(N2C(=O)CS[C@H]2c2ccc(C(C)(C)C)cc2)cc1. The molecule has 0 saturated carbocycles. The second-order valence-electron chi connectivity index (χ2n) is 7.00. The predicted molar refractivity (Wildman–Crippen MR) is 101 cm³/mol. The van der Waals surface area contributed by atoms with Gasteiger partial charge < -0.3 is 4.74 Å². The number of ether oxygens (including phenoxy) is 1. The molecular weight excluding hydrogens is 318 g/mol. The van der Waals surface area contributed by atoms with Crippen molar-refractivity contribution in [1.82, 2.24) is 0 Å². The van der Waals surface area contributed by atoms with Crippen molar-refractivity contribution in [3.63, 3.8) is 0 Å². The summed E-state index contributed by atoms with van der Waals surface area (Å²) in [5.74, 6) is 1.46. The summed E-state index contributed by atoms with van der Waals surface area (Å²) >= 11 is 1.67. The number of carbonyl (C=O) groups is 1. The van der Waals surface area contributed by atoms with Gasteiger partial charge in [0.15, 0.2) is 0 Å². The Kier molecular flexibility index (Phi) is 4.59. The molecule has 1 atom stereocenters. The lowest BCUT2D eigenvalue weighted by Crippen LogP contribution is -2.27. The van der Waals surface area contributed by atoms with Crippen molar-refractivity contribution in [1.29, 1.82) is 0 Å². The summed E-state index contributed by atoms with van der Waals surface area (Å²) in [5, 5.41) is 0.0277. The Hall–Kier alpha value is -1.94. The molecule has 24 heavy (non-hydrogen) atoms. The van der Waals surface area contributed by atoms with Gasteiger partial charge in [-0.1, -0.05) is 45.0 Å². The van der Waals surface area contributed by atoms with Crippen LogP contribution in [0.5, 0.6) is 5.75 Å². The monoisotopic (exact) mass is 341 g/mol. The van der Waals surface area contributed by atoms with Crippen LogP contribution in [0.4, 0.5) is 5.69 Å². The zero-order chi connectivity index (χ0) is 17.3. The fourth-order valence-corrected chi connectivity index (χ4v) is 4.02. The molecule has 2 aromatic carbocycles. The Morgan fingerprint density at radius 1 is 1.04 bits per heavy atom. The molecule has 0 bridgehead atoms. The zero-order valence-corrected chi connectivity index (χ0v) is 15.4. The minimum Gasteiger partial charge on any atom is -0.497 e. The smallest absolute Gasteiger partial charge is 0.238 e. The lowest BCUT2D eigenvalue weighted by molar-refractivity contribution is -0.115. The maximum absolute atomic E-state index is 12.4. The molecule has 0 aromatic heterocycles. The van der Waals surface area contributed by atoms with Crippen LogP contribution in [0.2, 0.25) is 0 Å². The number of nitrogens with zero attached hydrogens (tertiary/aromatic N) is 1. The molecule has 0 radical (unpaired) electrons. The van der Waals surface area contributed by atoms with E-state index in [1.165, 1.54) is 5.56 Å². The van der Waals surface area contributed by atoms with Crippen molar-refractivity contribution in [3.8, 4) is 5.75 Å². The molecule has 3 nitrogen and oxygen atoms in total. The number of hydrogen-bond donors (Lipinski definition) is 0. The summed E-state index contributed by atoms with van der Waals surface area (Å²) in [6, 6.07) is 16.3. The highest BCUT2D eigenvalue weighted by atomic mass is 32.2. The average molecular weight is 341 g/mol. The summed E-state index contributed by atoms with van der Waals surface area (Å²) in [4.78, 5) is 14.3. The summed E-state index contributed by atoms with van der Waals surface area (Å²) < 4.78 is 5.21.